The van der Waals surface area contributed by atoms with Gasteiger partial charge >= 0.3 is 5.97 Å². The molecular formula is C23H31NO2. The zero-order chi connectivity index (χ0) is 18.7. The van der Waals surface area contributed by atoms with Crippen LogP contribution in [0.5, 0.6) is 0 Å². The van der Waals surface area contributed by atoms with Gasteiger partial charge in [-0.15, -0.1) is 0 Å². The normalized spacial score (nSPS) is 30.1. The first-order chi connectivity index (χ1) is 12.7. The Balaban J connectivity index is 0.000000948. The third-order valence-electron chi connectivity index (χ3n) is 5.79. The van der Waals surface area contributed by atoms with Crippen LogP contribution >= 0.6 is 0 Å². The third-order valence-corrected chi connectivity index (χ3v) is 5.79. The van der Waals surface area contributed by atoms with E-state index < -0.39 is 5.60 Å². The lowest BCUT2D eigenvalue weighted by Crippen LogP contribution is -2.52. The number of hydrogen-bond donors (Lipinski definition) is 0. The van der Waals surface area contributed by atoms with Gasteiger partial charge in [0.1, 0.15) is 0 Å². The van der Waals surface area contributed by atoms with Crippen molar-refractivity contribution >= 4 is 5.97 Å². The van der Waals surface area contributed by atoms with Gasteiger partial charge in [0, 0.05) is 35.3 Å². The van der Waals surface area contributed by atoms with Crippen molar-refractivity contribution in [1.82, 2.24) is 4.90 Å². The molecule has 2 fully saturated rings. The lowest BCUT2D eigenvalue weighted by Gasteiger charge is -2.43. The maximum absolute atomic E-state index is 12.0. The molecule has 2 saturated heterocycles. The van der Waals surface area contributed by atoms with Crippen molar-refractivity contribution in [1.29, 1.82) is 0 Å². The number of rotatable bonds is 3. The minimum atomic E-state index is -0.442. The number of carbonyl (C=O) groups is 1. The molecule has 0 aromatic rings. The van der Waals surface area contributed by atoms with Crippen LogP contribution in [-0.2, 0) is 9.53 Å². The number of piperidine rings is 1. The summed E-state index contributed by atoms with van der Waals surface area (Å²) in [6, 6.07) is 0.339. The Morgan fingerprint density at radius 3 is 2.96 bits per heavy atom. The highest BCUT2D eigenvalue weighted by atomic mass is 16.6. The Morgan fingerprint density at radius 1 is 1.42 bits per heavy atom. The van der Waals surface area contributed by atoms with E-state index in [4.69, 9.17) is 4.74 Å². The van der Waals surface area contributed by atoms with Crippen molar-refractivity contribution in [2.24, 2.45) is 5.92 Å². The molecule has 0 aromatic carbocycles. The van der Waals surface area contributed by atoms with Crippen LogP contribution < -0.4 is 0 Å². The summed E-state index contributed by atoms with van der Waals surface area (Å²) in [7, 11) is 0. The highest BCUT2D eigenvalue weighted by Crippen LogP contribution is 2.58. The van der Waals surface area contributed by atoms with Gasteiger partial charge in [-0.1, -0.05) is 57.6 Å². The van der Waals surface area contributed by atoms with Gasteiger partial charge in [-0.25, -0.2) is 4.79 Å². The molecule has 0 saturated carbocycles. The number of fused-ring (bicyclic) bond motifs is 1. The van der Waals surface area contributed by atoms with E-state index in [1.54, 1.807) is 6.08 Å². The predicted molar refractivity (Wildman–Crippen MR) is 105 cm³/mol. The van der Waals surface area contributed by atoms with Crippen molar-refractivity contribution in [3.8, 4) is 11.8 Å². The molecule has 0 aromatic heterocycles. The quantitative estimate of drug-likeness (QED) is 0.428. The van der Waals surface area contributed by atoms with Gasteiger partial charge in [-0.2, -0.15) is 0 Å². The fourth-order valence-electron chi connectivity index (χ4n) is 4.79. The van der Waals surface area contributed by atoms with Crippen molar-refractivity contribution in [2.75, 3.05) is 13.1 Å². The van der Waals surface area contributed by atoms with Gasteiger partial charge < -0.3 is 4.74 Å². The molecule has 0 amide bonds. The maximum Gasteiger partial charge on any atom is 0.332 e. The molecule has 2 unspecified atom stereocenters. The van der Waals surface area contributed by atoms with E-state index in [0.717, 1.165) is 43.5 Å². The number of nitrogens with zero attached hydrogens (tertiary/aromatic N) is 1. The van der Waals surface area contributed by atoms with Crippen molar-refractivity contribution in [3.05, 3.63) is 34.9 Å². The molecule has 3 heterocycles. The van der Waals surface area contributed by atoms with E-state index in [1.807, 2.05) is 20.8 Å². The Kier molecular flexibility index (Phi) is 5.73. The summed E-state index contributed by atoms with van der Waals surface area (Å²) >= 11 is 0. The molecule has 3 heteroatoms. The first-order valence-corrected chi connectivity index (χ1v) is 10.3. The fourth-order valence-corrected chi connectivity index (χ4v) is 4.79. The van der Waals surface area contributed by atoms with E-state index in [9.17, 15) is 4.79 Å². The highest BCUT2D eigenvalue weighted by Gasteiger charge is 2.66. The second kappa shape index (κ2) is 7.84. The number of allylic oxidation sites excluding steroid dienone is 2. The molecule has 140 valence electrons. The molecule has 3 aliphatic heterocycles. The molecule has 3 nitrogen and oxygen atoms in total. The maximum atomic E-state index is 12.0. The molecule has 26 heavy (non-hydrogen) atoms. The molecule has 4 rings (SSSR count). The first-order valence-electron chi connectivity index (χ1n) is 10.3. The van der Waals surface area contributed by atoms with E-state index in [1.165, 1.54) is 18.4 Å². The van der Waals surface area contributed by atoms with Gasteiger partial charge in [0.2, 0.25) is 0 Å². The minimum Gasteiger partial charge on any atom is -0.445 e. The molecule has 0 bridgehead atoms. The second-order valence-electron chi connectivity index (χ2n) is 7.24. The smallest absolute Gasteiger partial charge is 0.332 e. The number of carbonyl (C=O) groups excluding carboxylic acids is 1. The van der Waals surface area contributed by atoms with Crippen molar-refractivity contribution in [2.45, 2.75) is 71.4 Å². The molecule has 4 aliphatic rings. The number of ether oxygens (including phenoxy) is 1. The Hall–Kier alpha value is -1.79. The van der Waals surface area contributed by atoms with Gasteiger partial charge in [0.15, 0.2) is 5.60 Å². The summed E-state index contributed by atoms with van der Waals surface area (Å²) in [4.78, 5) is 14.5. The molecule has 0 N–H and O–H groups in total. The summed E-state index contributed by atoms with van der Waals surface area (Å²) in [6.07, 6.45) is 11.7. The van der Waals surface area contributed by atoms with E-state index in [0.29, 0.717) is 12.0 Å². The molecule has 3 atom stereocenters. The summed E-state index contributed by atoms with van der Waals surface area (Å²) in [5.41, 5.74) is 2.96. The number of esters is 1. The molecular weight excluding hydrogens is 322 g/mol. The summed E-state index contributed by atoms with van der Waals surface area (Å²) in [5, 5.41) is 0. The van der Waals surface area contributed by atoms with Gasteiger partial charge in [-0.05, 0) is 32.7 Å². The van der Waals surface area contributed by atoms with E-state index >= 15 is 0 Å². The summed E-state index contributed by atoms with van der Waals surface area (Å²) in [6.45, 7) is 10.3. The highest BCUT2D eigenvalue weighted by molar-refractivity contribution is 5.94. The van der Waals surface area contributed by atoms with E-state index in [2.05, 4.69) is 35.8 Å². The van der Waals surface area contributed by atoms with Crippen LogP contribution in [0.3, 0.4) is 0 Å². The molecule has 0 radical (unpaired) electrons. The monoisotopic (exact) mass is 353 g/mol. The predicted octanol–water partition coefficient (Wildman–Crippen LogP) is 4.41. The van der Waals surface area contributed by atoms with Crippen LogP contribution in [0.4, 0.5) is 0 Å². The molecule has 1 aliphatic carbocycles. The Morgan fingerprint density at radius 2 is 2.23 bits per heavy atom. The lowest BCUT2D eigenvalue weighted by atomic mass is 9.67. The standard InChI is InChI=1S/C21H25NO2.C2H6/c1-3-7-15(8-4-2)10-11-16-17-13-20(23)24-21(17)18(16)14-22-12-6-5-9-19(21)22;1-2/h3,7,13,15,19H,4-6,8-9,12,14H2,1-2H3;1-2H3/b7-3-;/t15?,19?,21-;/m1./s1. The topological polar surface area (TPSA) is 29.5 Å². The van der Waals surface area contributed by atoms with Crippen LogP contribution in [0.2, 0.25) is 0 Å². The van der Waals surface area contributed by atoms with Gasteiger partial charge in [0.25, 0.3) is 0 Å². The summed E-state index contributed by atoms with van der Waals surface area (Å²) < 4.78 is 5.86. The SMILES string of the molecule is C/C=C\C(C#CC1=C2CN3CCCCC3[C@]23OC(=O)C=C13)CCC.CC. The van der Waals surface area contributed by atoms with Crippen molar-refractivity contribution < 1.29 is 9.53 Å². The summed E-state index contributed by atoms with van der Waals surface area (Å²) in [5.74, 6) is 6.94. The second-order valence-corrected chi connectivity index (χ2v) is 7.24. The van der Waals surface area contributed by atoms with Gasteiger partial charge in [-0.3, -0.25) is 4.90 Å². The minimum absolute atomic E-state index is 0.190. The first kappa shape index (κ1) is 19.0. The van der Waals surface area contributed by atoms with Crippen LogP contribution in [0.15, 0.2) is 34.9 Å². The van der Waals surface area contributed by atoms with Crippen LogP contribution in [0.1, 0.15) is 59.8 Å². The molecule has 1 spiro atoms. The zero-order valence-electron chi connectivity index (χ0n) is 16.6. The average Bonchev–Trinajstić information content (AvgIpc) is 3.11. The largest absolute Gasteiger partial charge is 0.445 e. The van der Waals surface area contributed by atoms with Crippen molar-refractivity contribution in [3.63, 3.8) is 0 Å². The van der Waals surface area contributed by atoms with Gasteiger partial charge in [0.05, 0.1) is 6.04 Å². The third kappa shape index (κ3) is 2.85. The average molecular weight is 354 g/mol. The van der Waals surface area contributed by atoms with Crippen LogP contribution in [-0.4, -0.2) is 35.6 Å². The van der Waals surface area contributed by atoms with Crippen LogP contribution in [0.25, 0.3) is 0 Å². The van der Waals surface area contributed by atoms with Crippen LogP contribution in [0, 0.1) is 17.8 Å². The zero-order valence-corrected chi connectivity index (χ0v) is 16.6. The number of hydrogen-bond acceptors (Lipinski definition) is 3. The fraction of sp³-hybridized carbons (Fsp3) is 0.609. The van der Waals surface area contributed by atoms with E-state index in [-0.39, 0.29) is 5.97 Å². The Labute approximate surface area is 158 Å². The Bertz CT molecular complexity index is 718. The lowest BCUT2D eigenvalue weighted by molar-refractivity contribution is -0.146.